The van der Waals surface area contributed by atoms with Gasteiger partial charge in [-0.15, -0.1) is 0 Å². The van der Waals surface area contributed by atoms with E-state index in [0.717, 1.165) is 45.3 Å². The van der Waals surface area contributed by atoms with E-state index >= 15 is 0 Å². The molecule has 0 fully saturated rings. The molecule has 3 aromatic rings. The third kappa shape index (κ3) is 11.6. The Morgan fingerprint density at radius 1 is 0.691 bits per heavy atom. The lowest BCUT2D eigenvalue weighted by molar-refractivity contribution is 0.126. The van der Waals surface area contributed by atoms with Gasteiger partial charge in [-0.25, -0.2) is 0 Å². The van der Waals surface area contributed by atoms with E-state index in [2.05, 4.69) is 176 Å². The van der Waals surface area contributed by atoms with Crippen molar-refractivity contribution in [3.05, 3.63) is 97.5 Å². The molecule has 0 bridgehead atoms. The summed E-state index contributed by atoms with van der Waals surface area (Å²) in [5.74, 6) is 2.86. The maximum absolute atomic E-state index is 11.5. The largest absolute Gasteiger partial charge is 0.504 e. The lowest BCUT2D eigenvalue weighted by atomic mass is 9.48. The minimum absolute atomic E-state index is 0.136. The molecule has 55 heavy (non-hydrogen) atoms. The molecule has 0 aliphatic heterocycles. The van der Waals surface area contributed by atoms with Crippen molar-refractivity contribution in [3.8, 4) is 22.6 Å². The van der Waals surface area contributed by atoms with Gasteiger partial charge in [-0.1, -0.05) is 170 Å². The summed E-state index contributed by atoms with van der Waals surface area (Å²) in [5, 5.41) is 11.5. The second kappa shape index (κ2) is 22.0. The molecule has 304 valence electrons. The van der Waals surface area contributed by atoms with Crippen molar-refractivity contribution in [2.45, 2.75) is 120 Å². The van der Waals surface area contributed by atoms with E-state index in [-0.39, 0.29) is 5.75 Å². The number of halogens is 2. The van der Waals surface area contributed by atoms with Gasteiger partial charge in [-0.2, -0.15) is 0 Å². The van der Waals surface area contributed by atoms with Crippen LogP contribution in [0.25, 0.3) is 17.2 Å². The van der Waals surface area contributed by atoms with E-state index in [1.54, 1.807) is 0 Å². The molecule has 4 nitrogen and oxygen atoms in total. The number of fused-ring (bicyclic) bond motifs is 3. The molecular weight excluding hydrogens is 812 g/mol. The number of phenols is 1. The summed E-state index contributed by atoms with van der Waals surface area (Å²) in [6.45, 7) is 29.7. The van der Waals surface area contributed by atoms with Gasteiger partial charge in [-0.05, 0) is 100 Å². The second-order valence-corrected chi connectivity index (χ2v) is 18.5. The molecule has 0 amide bonds. The molecule has 0 saturated carbocycles. The van der Waals surface area contributed by atoms with Crippen LogP contribution in [0.1, 0.15) is 131 Å². The minimum Gasteiger partial charge on any atom is -0.504 e. The second-order valence-electron chi connectivity index (χ2n) is 16.7. The zero-order valence-corrected chi connectivity index (χ0v) is 39.1. The Labute approximate surface area is 351 Å². The van der Waals surface area contributed by atoms with E-state index in [9.17, 15) is 5.11 Å². The van der Waals surface area contributed by atoms with Crippen LogP contribution in [0.5, 0.6) is 11.5 Å². The molecule has 0 radical (unpaired) electrons. The van der Waals surface area contributed by atoms with Gasteiger partial charge < -0.3 is 19.3 Å². The Kier molecular flexibility index (Phi) is 18.8. The lowest BCUT2D eigenvalue weighted by Crippen LogP contribution is -2.50. The number of benzene rings is 3. The minimum atomic E-state index is -0.681. The van der Waals surface area contributed by atoms with Crippen LogP contribution in [0.3, 0.4) is 0 Å². The third-order valence-electron chi connectivity index (χ3n) is 11.6. The summed E-state index contributed by atoms with van der Waals surface area (Å²) >= 11 is 7.68. The van der Waals surface area contributed by atoms with E-state index < -0.39 is 10.8 Å². The van der Waals surface area contributed by atoms with Gasteiger partial charge >= 0.3 is 0 Å². The molecule has 4 atom stereocenters. The maximum Gasteiger partial charge on any atom is 0.161 e. The number of aromatic hydroxyl groups is 1. The number of hydrogen-bond donors (Lipinski definition) is 1. The first kappa shape index (κ1) is 47.0. The zero-order chi connectivity index (χ0) is 40.9. The van der Waals surface area contributed by atoms with E-state index in [4.69, 9.17) is 14.2 Å². The first-order valence-corrected chi connectivity index (χ1v) is 22.3. The Hall–Kier alpha value is -2.38. The first-order valence-electron chi connectivity index (χ1n) is 20.7. The van der Waals surface area contributed by atoms with Crippen molar-refractivity contribution in [1.29, 1.82) is 0 Å². The van der Waals surface area contributed by atoms with Crippen molar-refractivity contribution in [1.82, 2.24) is 0 Å². The lowest BCUT2D eigenvalue weighted by Gasteiger charge is -2.54. The standard InChI is InChI=1S/C44H58Br2O4.C5H12/c1-10-29(4)26-48-20-13-14-33-22-41(47)42(50-28-31(6)12-3)25-38(33)44(32(7)19-21-49-27-30(5)11-2)40-24-35(46)16-18-37(40)36-17-15-34(45)23-39(36)43(44,8)9;1-4-5(2)3/h13-19,22-25,29-31,47H,10-12,20-21,26-28H2,1-9H3;5H,4H2,1-3H3/b14-13+,32-19+;. The van der Waals surface area contributed by atoms with Crippen LogP contribution >= 0.6 is 31.9 Å². The van der Waals surface area contributed by atoms with Crippen molar-refractivity contribution in [3.63, 3.8) is 0 Å². The van der Waals surface area contributed by atoms with Crippen molar-refractivity contribution in [2.75, 3.05) is 33.0 Å². The van der Waals surface area contributed by atoms with Crippen LogP contribution in [0, 0.1) is 23.7 Å². The predicted octanol–water partition coefficient (Wildman–Crippen LogP) is 14.7. The number of ether oxygens (including phenoxy) is 3. The molecule has 0 aromatic heterocycles. The number of rotatable bonds is 18. The van der Waals surface area contributed by atoms with Crippen LogP contribution in [0.2, 0.25) is 0 Å². The summed E-state index contributed by atoms with van der Waals surface area (Å²) in [6, 6.07) is 17.3. The van der Waals surface area contributed by atoms with Gasteiger partial charge in [0, 0.05) is 27.6 Å². The fourth-order valence-corrected chi connectivity index (χ4v) is 7.86. The van der Waals surface area contributed by atoms with Crippen LogP contribution < -0.4 is 4.74 Å². The molecular formula is C49H70Br2O4. The molecule has 3 aromatic carbocycles. The van der Waals surface area contributed by atoms with Crippen molar-refractivity contribution in [2.24, 2.45) is 23.7 Å². The molecule has 4 rings (SSSR count). The maximum atomic E-state index is 11.5. The van der Waals surface area contributed by atoms with Crippen LogP contribution in [-0.4, -0.2) is 38.1 Å². The van der Waals surface area contributed by atoms with Gasteiger partial charge in [0.25, 0.3) is 0 Å². The van der Waals surface area contributed by atoms with Crippen LogP contribution in [0.15, 0.2) is 75.2 Å². The average molecular weight is 883 g/mol. The summed E-state index contributed by atoms with van der Waals surface area (Å²) < 4.78 is 20.8. The molecule has 4 unspecified atom stereocenters. The molecule has 0 spiro atoms. The van der Waals surface area contributed by atoms with E-state index in [0.29, 0.717) is 56.5 Å². The highest BCUT2D eigenvalue weighted by Crippen LogP contribution is 2.62. The monoisotopic (exact) mass is 880 g/mol. The van der Waals surface area contributed by atoms with Crippen molar-refractivity contribution < 1.29 is 19.3 Å². The Balaban J connectivity index is 0.00000152. The fraction of sp³-hybridized carbons (Fsp3) is 0.551. The molecule has 0 heterocycles. The molecule has 1 N–H and O–H groups in total. The van der Waals surface area contributed by atoms with Crippen molar-refractivity contribution >= 4 is 37.9 Å². The fourth-order valence-electron chi connectivity index (χ4n) is 7.14. The number of phenolic OH excluding ortho intramolecular Hbond substituents is 1. The third-order valence-corrected chi connectivity index (χ3v) is 12.6. The molecule has 6 heteroatoms. The highest BCUT2D eigenvalue weighted by atomic mass is 79.9. The Bertz CT molecular complexity index is 1720. The number of allylic oxidation sites excluding steroid dienone is 1. The summed E-state index contributed by atoms with van der Waals surface area (Å²) in [6.07, 6.45) is 10.9. The van der Waals surface area contributed by atoms with Gasteiger partial charge in [0.15, 0.2) is 11.5 Å². The first-order chi connectivity index (χ1) is 26.1. The van der Waals surface area contributed by atoms with Gasteiger partial charge in [0.1, 0.15) is 0 Å². The van der Waals surface area contributed by atoms with Gasteiger partial charge in [0.05, 0.1) is 25.2 Å². The van der Waals surface area contributed by atoms with E-state index in [1.807, 2.05) is 6.07 Å². The van der Waals surface area contributed by atoms with E-state index in [1.165, 1.54) is 34.2 Å². The molecule has 1 aliphatic carbocycles. The smallest absolute Gasteiger partial charge is 0.161 e. The Morgan fingerprint density at radius 2 is 1.20 bits per heavy atom. The molecule has 1 aliphatic rings. The normalized spacial score (nSPS) is 18.0. The Morgan fingerprint density at radius 3 is 1.75 bits per heavy atom. The summed E-state index contributed by atoms with van der Waals surface area (Å²) in [5.41, 5.74) is 6.88. The average Bonchev–Trinajstić information content (AvgIpc) is 3.16. The van der Waals surface area contributed by atoms with Gasteiger partial charge in [-0.3, -0.25) is 0 Å². The highest BCUT2D eigenvalue weighted by Gasteiger charge is 2.55. The number of hydrogen-bond acceptors (Lipinski definition) is 4. The topological polar surface area (TPSA) is 47.9 Å². The zero-order valence-electron chi connectivity index (χ0n) is 36.0. The SMILES string of the molecule is CCC(C)C.CCC(C)COC/C=C/c1cc(O)c(OCC(C)CC)cc1C1(/C(C)=C/COCC(C)CC)c2cc(Br)ccc2-c2ccc(Br)cc2C1(C)C. The van der Waals surface area contributed by atoms with Crippen LogP contribution in [-0.2, 0) is 20.3 Å². The quantitative estimate of drug-likeness (QED) is 0.102. The van der Waals surface area contributed by atoms with Gasteiger partial charge in [0.2, 0.25) is 0 Å². The van der Waals surface area contributed by atoms with Crippen LogP contribution in [0.4, 0.5) is 0 Å². The highest BCUT2D eigenvalue weighted by molar-refractivity contribution is 9.10. The predicted molar refractivity (Wildman–Crippen MR) is 243 cm³/mol. The molecule has 0 saturated heterocycles. The summed E-state index contributed by atoms with van der Waals surface area (Å²) in [4.78, 5) is 0. The summed E-state index contributed by atoms with van der Waals surface area (Å²) in [7, 11) is 0.